The number of aliphatic hydroxyl groups excluding tert-OH is 1. The molecule has 0 bridgehead atoms. The van der Waals surface area contributed by atoms with Crippen molar-refractivity contribution in [3.05, 3.63) is 56.9 Å². The molecule has 2 aromatic heterocycles. The molecule has 1 aromatic carbocycles. The zero-order valence-corrected chi connectivity index (χ0v) is 22.7. The van der Waals surface area contributed by atoms with Crippen LogP contribution in [0, 0.1) is 0 Å². The van der Waals surface area contributed by atoms with E-state index in [2.05, 4.69) is 6.92 Å². The topological polar surface area (TPSA) is 119 Å². The Bertz CT molecular complexity index is 1510. The molecule has 8 nitrogen and oxygen atoms in total. The molecule has 0 unspecified atom stereocenters. The first-order chi connectivity index (χ1) is 18.8. The van der Waals surface area contributed by atoms with Crippen LogP contribution in [0.4, 0.5) is 0 Å². The number of carbonyl (C=O) groups is 2. The van der Waals surface area contributed by atoms with E-state index in [0.717, 1.165) is 65.6 Å². The highest BCUT2D eigenvalue weighted by molar-refractivity contribution is 5.92. The Hall–Kier alpha value is -3.36. The summed E-state index contributed by atoms with van der Waals surface area (Å²) in [4.78, 5) is 42.3. The van der Waals surface area contributed by atoms with Crippen LogP contribution in [0.5, 0.6) is 5.75 Å². The molecule has 0 saturated heterocycles. The first-order valence-corrected chi connectivity index (χ1v) is 14.1. The van der Waals surface area contributed by atoms with E-state index in [1.165, 1.54) is 0 Å². The summed E-state index contributed by atoms with van der Waals surface area (Å²) in [6.07, 6.45) is 5.49. The Kier molecular flexibility index (Phi) is 7.69. The second-order valence-electron chi connectivity index (χ2n) is 10.6. The summed E-state index contributed by atoms with van der Waals surface area (Å²) < 4.78 is 7.77. The summed E-state index contributed by atoms with van der Waals surface area (Å²) in [6.45, 7) is 4.48. The molecule has 3 aromatic rings. The van der Waals surface area contributed by atoms with Crippen LogP contribution >= 0.6 is 0 Å². The third-order valence-corrected chi connectivity index (χ3v) is 8.30. The summed E-state index contributed by atoms with van der Waals surface area (Å²) in [5, 5.41) is 21.0. The number of aliphatic hydroxyl groups is 2. The Labute approximate surface area is 227 Å². The summed E-state index contributed by atoms with van der Waals surface area (Å²) in [5.74, 6) is 0.425. The average Bonchev–Trinajstić information content (AvgIpc) is 3.31. The van der Waals surface area contributed by atoms with Crippen LogP contribution in [0.2, 0.25) is 0 Å². The minimum atomic E-state index is -1.63. The number of nitrogens with zero attached hydrogens (tertiary/aromatic N) is 2. The summed E-state index contributed by atoms with van der Waals surface area (Å²) in [6, 6.07) is 7.69. The van der Waals surface area contributed by atoms with E-state index in [1.807, 2.05) is 24.3 Å². The van der Waals surface area contributed by atoms with Gasteiger partial charge in [-0.15, -0.1) is 0 Å². The molecule has 1 atom stereocenters. The third kappa shape index (κ3) is 4.80. The van der Waals surface area contributed by atoms with Gasteiger partial charge in [0.2, 0.25) is 0 Å². The van der Waals surface area contributed by atoms with Crippen LogP contribution in [-0.4, -0.2) is 44.5 Å². The van der Waals surface area contributed by atoms with Gasteiger partial charge in [-0.05, 0) is 61.9 Å². The highest BCUT2D eigenvalue weighted by Gasteiger charge is 2.43. The number of fused-ring (bicyclic) bond motifs is 5. The van der Waals surface area contributed by atoms with Gasteiger partial charge in [0, 0.05) is 34.9 Å². The summed E-state index contributed by atoms with van der Waals surface area (Å²) in [5.41, 5.74) is 3.54. The van der Waals surface area contributed by atoms with Crippen molar-refractivity contribution in [2.45, 2.75) is 83.8 Å². The molecule has 8 heteroatoms. The Morgan fingerprint density at radius 2 is 1.87 bits per heavy atom. The van der Waals surface area contributed by atoms with Crippen LogP contribution in [0.25, 0.3) is 22.3 Å². The highest BCUT2D eigenvalue weighted by Crippen LogP contribution is 2.41. The minimum absolute atomic E-state index is 0.112. The fourth-order valence-corrected chi connectivity index (χ4v) is 6.06. The van der Waals surface area contributed by atoms with Gasteiger partial charge in [-0.25, -0.2) is 4.98 Å². The van der Waals surface area contributed by atoms with E-state index in [4.69, 9.17) is 14.8 Å². The number of benzene rings is 1. The standard InChI is InChI=1S/C31H36N2O6/c1-3-21-23-15-20(39-14-8-6-5-7-9-19(35)18-34)10-12-26(23)32-29-24(21)17-33-27(29)16-25-22(30(33)37)11-13-28(36)31(25,38)4-2/h10,12,15-16,34,38H,3-9,11,13-14,17-18H2,1-2H3/t31-/m0/s1. The first kappa shape index (κ1) is 27.2. The zero-order chi connectivity index (χ0) is 27.7. The Balaban J connectivity index is 1.41. The van der Waals surface area contributed by atoms with Crippen molar-refractivity contribution in [2.24, 2.45) is 0 Å². The van der Waals surface area contributed by atoms with Crippen LogP contribution in [0.3, 0.4) is 0 Å². The number of ketones is 2. The number of ether oxygens (including phenoxy) is 1. The van der Waals surface area contributed by atoms with Gasteiger partial charge in [0.15, 0.2) is 11.6 Å². The monoisotopic (exact) mass is 532 g/mol. The normalized spacial score (nSPS) is 17.7. The van der Waals surface area contributed by atoms with E-state index in [9.17, 15) is 19.5 Å². The van der Waals surface area contributed by atoms with Crippen LogP contribution in [-0.2, 0) is 34.6 Å². The second-order valence-corrected chi connectivity index (χ2v) is 10.6. The average molecular weight is 533 g/mol. The molecule has 2 N–H and O–H groups in total. The predicted octanol–water partition coefficient (Wildman–Crippen LogP) is 3.99. The van der Waals surface area contributed by atoms with Gasteiger partial charge in [-0.3, -0.25) is 14.4 Å². The van der Waals surface area contributed by atoms with Crippen LogP contribution < -0.4 is 10.3 Å². The molecule has 2 aliphatic rings. The van der Waals surface area contributed by atoms with Crippen molar-refractivity contribution in [1.29, 1.82) is 0 Å². The molecule has 5 rings (SSSR count). The quantitative estimate of drug-likeness (QED) is 0.280. The molecular formula is C31H36N2O6. The number of pyridine rings is 2. The van der Waals surface area contributed by atoms with Gasteiger partial charge in [0.25, 0.3) is 5.56 Å². The maximum atomic E-state index is 13.6. The number of carbonyl (C=O) groups excluding carboxylic acids is 2. The van der Waals surface area contributed by atoms with Crippen molar-refractivity contribution in [2.75, 3.05) is 13.2 Å². The molecule has 0 saturated carbocycles. The van der Waals surface area contributed by atoms with E-state index >= 15 is 0 Å². The molecule has 206 valence electrons. The lowest BCUT2D eigenvalue weighted by Crippen LogP contribution is -2.43. The maximum absolute atomic E-state index is 13.6. The first-order valence-electron chi connectivity index (χ1n) is 14.1. The minimum Gasteiger partial charge on any atom is -0.494 e. The zero-order valence-electron chi connectivity index (χ0n) is 22.7. The van der Waals surface area contributed by atoms with Gasteiger partial charge < -0.3 is 19.5 Å². The van der Waals surface area contributed by atoms with E-state index < -0.39 is 5.60 Å². The molecule has 0 fully saturated rings. The number of aromatic nitrogens is 2. The van der Waals surface area contributed by atoms with E-state index in [0.29, 0.717) is 42.8 Å². The van der Waals surface area contributed by atoms with Gasteiger partial charge in [-0.1, -0.05) is 26.7 Å². The van der Waals surface area contributed by atoms with Crippen molar-refractivity contribution < 1.29 is 24.5 Å². The molecule has 39 heavy (non-hydrogen) atoms. The summed E-state index contributed by atoms with van der Waals surface area (Å²) in [7, 11) is 0. The lowest BCUT2D eigenvalue weighted by molar-refractivity contribution is -0.140. The number of aryl methyl sites for hydroxylation is 1. The highest BCUT2D eigenvalue weighted by atomic mass is 16.5. The molecule has 0 spiro atoms. The SMILES string of the molecule is CCc1c2c(nc3ccc(OCCCCCCC(=O)CO)cc13)-c1cc3c(c(=O)n1C2)CCC(=O)[C@]3(O)CC. The summed E-state index contributed by atoms with van der Waals surface area (Å²) >= 11 is 0. The lowest BCUT2D eigenvalue weighted by Gasteiger charge is -2.32. The molecule has 1 aliphatic heterocycles. The van der Waals surface area contributed by atoms with Gasteiger partial charge in [0.1, 0.15) is 18.0 Å². The van der Waals surface area contributed by atoms with Crippen LogP contribution in [0.15, 0.2) is 29.1 Å². The smallest absolute Gasteiger partial charge is 0.254 e. The Morgan fingerprint density at radius 1 is 1.08 bits per heavy atom. The number of hydrogen-bond donors (Lipinski definition) is 2. The predicted molar refractivity (Wildman–Crippen MR) is 148 cm³/mol. The molecule has 0 radical (unpaired) electrons. The van der Waals surface area contributed by atoms with Crippen molar-refractivity contribution >= 4 is 22.5 Å². The molecule has 0 amide bonds. The maximum Gasteiger partial charge on any atom is 0.254 e. The number of rotatable bonds is 11. The van der Waals surface area contributed by atoms with E-state index in [-0.39, 0.29) is 36.6 Å². The number of Topliss-reactive ketones (excluding diaryl/α,β-unsaturated/α-hetero) is 2. The van der Waals surface area contributed by atoms with Crippen LogP contribution in [0.1, 0.15) is 81.0 Å². The lowest BCUT2D eigenvalue weighted by atomic mass is 9.77. The van der Waals surface area contributed by atoms with Crippen molar-refractivity contribution in [3.8, 4) is 17.1 Å². The Morgan fingerprint density at radius 3 is 2.62 bits per heavy atom. The molecular weight excluding hydrogens is 496 g/mol. The van der Waals surface area contributed by atoms with Crippen molar-refractivity contribution in [1.82, 2.24) is 9.55 Å². The third-order valence-electron chi connectivity index (χ3n) is 8.30. The van der Waals surface area contributed by atoms with Gasteiger partial charge in [0.05, 0.1) is 30.1 Å². The fourth-order valence-electron chi connectivity index (χ4n) is 6.06. The van der Waals surface area contributed by atoms with Gasteiger partial charge in [-0.2, -0.15) is 0 Å². The second kappa shape index (κ2) is 11.0. The fraction of sp³-hybridized carbons (Fsp3) is 0.484. The largest absolute Gasteiger partial charge is 0.494 e. The van der Waals surface area contributed by atoms with Gasteiger partial charge >= 0.3 is 0 Å². The molecule has 3 heterocycles. The number of unbranched alkanes of at least 4 members (excludes halogenated alkanes) is 3. The molecule has 1 aliphatic carbocycles. The van der Waals surface area contributed by atoms with Crippen molar-refractivity contribution in [3.63, 3.8) is 0 Å². The van der Waals surface area contributed by atoms with E-state index in [1.54, 1.807) is 11.5 Å². The number of hydrogen-bond acceptors (Lipinski definition) is 7.